The van der Waals surface area contributed by atoms with Crippen LogP contribution in [-0.2, 0) is 5.41 Å². The monoisotopic (exact) mass is 716 g/mol. The molecule has 264 valence electrons. The molecule has 0 fully saturated rings. The summed E-state index contributed by atoms with van der Waals surface area (Å²) in [6.45, 7) is 0. The molecule has 0 amide bonds. The minimum atomic E-state index is -0.485. The van der Waals surface area contributed by atoms with Gasteiger partial charge >= 0.3 is 0 Å². The van der Waals surface area contributed by atoms with Crippen LogP contribution in [0.3, 0.4) is 0 Å². The number of ether oxygens (including phenoxy) is 1. The first-order chi connectivity index (χ1) is 27.8. The number of fused-ring (bicyclic) bond motifs is 9. The second kappa shape index (κ2) is 13.0. The fourth-order valence-electron chi connectivity index (χ4n) is 9.15. The fraction of sp³-hybridized carbons (Fsp3) is 0.0566. The lowest BCUT2D eigenvalue weighted by atomic mass is 9.66. The first kappa shape index (κ1) is 32.3. The largest absolute Gasteiger partial charge is 0.457 e. The van der Waals surface area contributed by atoms with Crippen molar-refractivity contribution in [2.75, 3.05) is 0 Å². The van der Waals surface area contributed by atoms with E-state index < -0.39 is 5.41 Å². The van der Waals surface area contributed by atoms with Gasteiger partial charge in [0.25, 0.3) is 0 Å². The first-order valence-electron chi connectivity index (χ1n) is 19.4. The zero-order valence-corrected chi connectivity index (χ0v) is 30.7. The number of nitrogens with zero attached hydrogens (tertiary/aromatic N) is 2. The van der Waals surface area contributed by atoms with Crippen molar-refractivity contribution in [3.63, 3.8) is 0 Å². The number of hydrogen-bond donors (Lipinski definition) is 0. The van der Waals surface area contributed by atoms with Crippen molar-refractivity contribution in [2.45, 2.75) is 18.3 Å². The Morgan fingerprint density at radius 3 is 1.75 bits per heavy atom. The Hall–Kier alpha value is -7.10. The zero-order valence-electron chi connectivity index (χ0n) is 30.7. The van der Waals surface area contributed by atoms with E-state index in [9.17, 15) is 0 Å². The minimum absolute atomic E-state index is 0.485. The van der Waals surface area contributed by atoms with Crippen molar-refractivity contribution in [1.29, 1.82) is 0 Å². The molecule has 11 rings (SSSR count). The molecule has 3 aliphatic rings. The molecular formula is C53H36N2O. The zero-order chi connectivity index (χ0) is 37.1. The highest BCUT2D eigenvalue weighted by Crippen LogP contribution is 2.62. The molecular weight excluding hydrogens is 681 g/mol. The predicted molar refractivity (Wildman–Crippen MR) is 228 cm³/mol. The van der Waals surface area contributed by atoms with Crippen LogP contribution in [0, 0.1) is 0 Å². The van der Waals surface area contributed by atoms with Gasteiger partial charge in [0.05, 0.1) is 16.8 Å². The number of hydrogen-bond acceptors (Lipinski definition) is 3. The van der Waals surface area contributed by atoms with Gasteiger partial charge in [-0.2, -0.15) is 0 Å². The second-order valence-corrected chi connectivity index (χ2v) is 14.8. The standard InChI is InChI=1S/C53H36N2O/c1-3-16-35(17-4-1)48-34-49(36-18-5-2-6-19-36)55-52(54-48)39-21-15-20-37(32-39)40-22-7-8-23-41(40)38-30-31-47-51(33-38)56-50-29-14-13-28-46(50)53(47)44-26-11-9-24-42(44)43-25-10-12-27-45(43)53/h1-5,7-18,20-34H,6,19H2. The average molecular weight is 717 g/mol. The van der Waals surface area contributed by atoms with Crippen LogP contribution in [0.1, 0.15) is 40.8 Å². The summed E-state index contributed by atoms with van der Waals surface area (Å²) in [6, 6.07) is 62.9. The number of benzene rings is 7. The highest BCUT2D eigenvalue weighted by atomic mass is 16.5. The van der Waals surface area contributed by atoms with Crippen LogP contribution < -0.4 is 4.74 Å². The number of aromatic nitrogens is 2. The number of allylic oxidation sites excluding steroid dienone is 4. The van der Waals surface area contributed by atoms with Crippen LogP contribution in [0.25, 0.3) is 61.6 Å². The van der Waals surface area contributed by atoms with Gasteiger partial charge < -0.3 is 4.74 Å². The Morgan fingerprint density at radius 1 is 0.429 bits per heavy atom. The summed E-state index contributed by atoms with van der Waals surface area (Å²) in [7, 11) is 0. The highest BCUT2D eigenvalue weighted by molar-refractivity contribution is 5.90. The molecule has 0 saturated heterocycles. The molecule has 1 spiro atoms. The maximum Gasteiger partial charge on any atom is 0.160 e. The molecule has 0 atom stereocenters. The molecule has 0 unspecified atom stereocenters. The Bertz CT molecular complexity index is 2860. The molecule has 8 aromatic rings. The smallest absolute Gasteiger partial charge is 0.160 e. The van der Waals surface area contributed by atoms with Crippen molar-refractivity contribution < 1.29 is 4.74 Å². The molecule has 0 radical (unpaired) electrons. The van der Waals surface area contributed by atoms with E-state index in [0.29, 0.717) is 0 Å². The summed E-state index contributed by atoms with van der Waals surface area (Å²) < 4.78 is 6.86. The third-order valence-corrected chi connectivity index (χ3v) is 11.7. The summed E-state index contributed by atoms with van der Waals surface area (Å²) in [5, 5.41) is 0. The van der Waals surface area contributed by atoms with E-state index in [1.165, 1.54) is 33.4 Å². The van der Waals surface area contributed by atoms with E-state index in [1.54, 1.807) is 0 Å². The van der Waals surface area contributed by atoms with Crippen molar-refractivity contribution >= 4 is 5.57 Å². The Labute approximate surface area is 327 Å². The summed E-state index contributed by atoms with van der Waals surface area (Å²) in [5.41, 5.74) is 16.7. The third kappa shape index (κ3) is 5.05. The Balaban J connectivity index is 1.04. The Morgan fingerprint density at radius 2 is 1.02 bits per heavy atom. The van der Waals surface area contributed by atoms with Crippen LogP contribution in [0.15, 0.2) is 194 Å². The second-order valence-electron chi connectivity index (χ2n) is 14.8. The van der Waals surface area contributed by atoms with E-state index in [-0.39, 0.29) is 0 Å². The van der Waals surface area contributed by atoms with Crippen LogP contribution in [0.4, 0.5) is 0 Å². The summed E-state index contributed by atoms with van der Waals surface area (Å²) >= 11 is 0. The molecule has 2 aliphatic carbocycles. The lowest BCUT2D eigenvalue weighted by molar-refractivity contribution is 0.436. The van der Waals surface area contributed by atoms with E-state index in [1.807, 2.05) is 6.07 Å². The molecule has 0 bridgehead atoms. The van der Waals surface area contributed by atoms with E-state index in [2.05, 4.69) is 188 Å². The molecule has 2 heterocycles. The molecule has 3 nitrogen and oxygen atoms in total. The van der Waals surface area contributed by atoms with Gasteiger partial charge in [-0.15, -0.1) is 0 Å². The molecule has 7 aromatic carbocycles. The van der Waals surface area contributed by atoms with Crippen molar-refractivity contribution in [3.8, 4) is 67.5 Å². The number of rotatable bonds is 5. The van der Waals surface area contributed by atoms with Gasteiger partial charge in [-0.1, -0.05) is 170 Å². The quantitative estimate of drug-likeness (QED) is 0.178. The van der Waals surface area contributed by atoms with Gasteiger partial charge in [0, 0.05) is 22.3 Å². The molecule has 0 saturated carbocycles. The van der Waals surface area contributed by atoms with Crippen LogP contribution in [0.5, 0.6) is 11.5 Å². The summed E-state index contributed by atoms with van der Waals surface area (Å²) in [6.07, 6.45) is 8.51. The maximum atomic E-state index is 6.86. The highest BCUT2D eigenvalue weighted by Gasteiger charge is 2.50. The topological polar surface area (TPSA) is 35.0 Å². The van der Waals surface area contributed by atoms with Crippen LogP contribution in [0.2, 0.25) is 0 Å². The maximum absolute atomic E-state index is 6.86. The van der Waals surface area contributed by atoms with E-state index >= 15 is 0 Å². The summed E-state index contributed by atoms with van der Waals surface area (Å²) in [4.78, 5) is 10.3. The van der Waals surface area contributed by atoms with Crippen LogP contribution >= 0.6 is 0 Å². The average Bonchev–Trinajstić information content (AvgIpc) is 3.57. The SMILES string of the molecule is C1=CCCC(c2cc(-c3ccccc3)nc(-c3cccc(-c4ccccc4-c4ccc5c(c4)Oc4ccccc4C54c5ccccc5-c5ccccc54)c3)n2)=C1. The lowest BCUT2D eigenvalue weighted by Crippen LogP contribution is -2.32. The van der Waals surface area contributed by atoms with Gasteiger partial charge in [-0.05, 0) is 87.2 Å². The normalized spacial score (nSPS) is 14.2. The Kier molecular flexibility index (Phi) is 7.53. The molecule has 3 heteroatoms. The van der Waals surface area contributed by atoms with Crippen molar-refractivity contribution in [3.05, 3.63) is 222 Å². The third-order valence-electron chi connectivity index (χ3n) is 11.7. The predicted octanol–water partition coefficient (Wildman–Crippen LogP) is 13.3. The lowest BCUT2D eigenvalue weighted by Gasteiger charge is -2.39. The van der Waals surface area contributed by atoms with Crippen molar-refractivity contribution in [1.82, 2.24) is 9.97 Å². The first-order valence-corrected chi connectivity index (χ1v) is 19.4. The molecule has 56 heavy (non-hydrogen) atoms. The van der Waals surface area contributed by atoms with E-state index in [0.717, 1.165) is 80.5 Å². The molecule has 1 aliphatic heterocycles. The van der Waals surface area contributed by atoms with Gasteiger partial charge in [-0.25, -0.2) is 9.97 Å². The fourth-order valence-corrected chi connectivity index (χ4v) is 9.15. The number of para-hydroxylation sites is 1. The summed E-state index contributed by atoms with van der Waals surface area (Å²) in [5.74, 6) is 2.49. The molecule has 0 N–H and O–H groups in total. The van der Waals surface area contributed by atoms with Crippen molar-refractivity contribution in [2.24, 2.45) is 0 Å². The minimum Gasteiger partial charge on any atom is -0.457 e. The van der Waals surface area contributed by atoms with Gasteiger partial charge in [0.15, 0.2) is 5.82 Å². The van der Waals surface area contributed by atoms with Crippen LogP contribution in [-0.4, -0.2) is 9.97 Å². The van der Waals surface area contributed by atoms with Gasteiger partial charge in [-0.3, -0.25) is 0 Å². The van der Waals surface area contributed by atoms with E-state index in [4.69, 9.17) is 14.7 Å². The van der Waals surface area contributed by atoms with Gasteiger partial charge in [0.1, 0.15) is 11.5 Å². The van der Waals surface area contributed by atoms with Gasteiger partial charge in [0.2, 0.25) is 0 Å². The molecule has 1 aromatic heterocycles.